The summed E-state index contributed by atoms with van der Waals surface area (Å²) < 4.78 is 5.19. The highest BCUT2D eigenvalue weighted by Gasteiger charge is 2.20. The Balaban J connectivity index is 1.90. The molecule has 1 aliphatic rings. The fraction of sp³-hybridized carbons (Fsp3) is 0.786. The Kier molecular flexibility index (Phi) is 5.60. The summed E-state index contributed by atoms with van der Waals surface area (Å²) in [5.41, 5.74) is 0. The Labute approximate surface area is 120 Å². The molecule has 0 saturated heterocycles. The van der Waals surface area contributed by atoms with E-state index in [9.17, 15) is 0 Å². The quantitative estimate of drug-likeness (QED) is 0.755. The van der Waals surface area contributed by atoms with Crippen LogP contribution in [0, 0.1) is 5.92 Å². The number of aromatic nitrogens is 1. The second-order valence-corrected chi connectivity index (χ2v) is 6.69. The van der Waals surface area contributed by atoms with Gasteiger partial charge in [0.25, 0.3) is 0 Å². The monoisotopic (exact) mass is 283 g/mol. The van der Waals surface area contributed by atoms with E-state index >= 15 is 0 Å². The highest BCUT2D eigenvalue weighted by molar-refractivity contribution is 7.15. The lowest BCUT2D eigenvalue weighted by Gasteiger charge is -2.23. The van der Waals surface area contributed by atoms with Gasteiger partial charge in [0, 0.05) is 43.9 Å². The average Bonchev–Trinajstić information content (AvgIpc) is 3.09. The van der Waals surface area contributed by atoms with Crippen LogP contribution in [0.5, 0.6) is 0 Å². The zero-order valence-corrected chi connectivity index (χ0v) is 13.0. The van der Waals surface area contributed by atoms with Crippen LogP contribution in [0.3, 0.4) is 0 Å². The molecule has 0 bridgehead atoms. The molecule has 4 nitrogen and oxygen atoms in total. The van der Waals surface area contributed by atoms with Gasteiger partial charge in [0.1, 0.15) is 0 Å². The largest absolute Gasteiger partial charge is 0.383 e. The first kappa shape index (κ1) is 14.8. The molecule has 5 heteroatoms. The Morgan fingerprint density at radius 1 is 1.53 bits per heavy atom. The van der Waals surface area contributed by atoms with Gasteiger partial charge < -0.3 is 15.0 Å². The number of thiazole rings is 1. The number of methoxy groups -OCH3 is 1. The topological polar surface area (TPSA) is 37.4 Å². The minimum absolute atomic E-state index is 0.633. The van der Waals surface area contributed by atoms with Crippen molar-refractivity contribution in [3.8, 4) is 0 Å². The molecule has 1 aromatic heterocycles. The summed E-state index contributed by atoms with van der Waals surface area (Å²) in [6, 6.07) is 0.755. The van der Waals surface area contributed by atoms with Crippen molar-refractivity contribution < 1.29 is 4.74 Å². The maximum absolute atomic E-state index is 5.19. The summed E-state index contributed by atoms with van der Waals surface area (Å²) in [5.74, 6) is 0.633. The lowest BCUT2D eigenvalue weighted by atomic mass is 10.2. The average molecular weight is 283 g/mol. The third-order valence-corrected chi connectivity index (χ3v) is 4.16. The molecule has 1 saturated carbocycles. The first-order valence-electron chi connectivity index (χ1n) is 7.11. The summed E-state index contributed by atoms with van der Waals surface area (Å²) in [7, 11) is 1.75. The van der Waals surface area contributed by atoms with Gasteiger partial charge in [0.15, 0.2) is 5.13 Å². The second-order valence-electron chi connectivity index (χ2n) is 5.60. The molecule has 0 amide bonds. The van der Waals surface area contributed by atoms with E-state index in [1.165, 1.54) is 17.7 Å². The van der Waals surface area contributed by atoms with Crippen molar-refractivity contribution in [3.05, 3.63) is 11.1 Å². The van der Waals surface area contributed by atoms with Gasteiger partial charge in [-0.2, -0.15) is 0 Å². The summed E-state index contributed by atoms with van der Waals surface area (Å²) in [6.07, 6.45) is 4.67. The summed E-state index contributed by atoms with van der Waals surface area (Å²) in [6.45, 7) is 8.14. The van der Waals surface area contributed by atoms with Crippen LogP contribution in [0.4, 0.5) is 5.13 Å². The number of hydrogen-bond acceptors (Lipinski definition) is 5. The Morgan fingerprint density at radius 3 is 2.95 bits per heavy atom. The van der Waals surface area contributed by atoms with Gasteiger partial charge in [-0.05, 0) is 18.8 Å². The number of hydrogen-bond donors (Lipinski definition) is 1. The maximum atomic E-state index is 5.19. The molecule has 1 heterocycles. The number of nitrogens with one attached hydrogen (secondary N) is 1. The summed E-state index contributed by atoms with van der Waals surface area (Å²) in [4.78, 5) is 8.23. The molecule has 19 heavy (non-hydrogen) atoms. The number of rotatable bonds is 9. The predicted molar refractivity (Wildman–Crippen MR) is 80.9 cm³/mol. The van der Waals surface area contributed by atoms with Crippen molar-refractivity contribution >= 4 is 16.5 Å². The fourth-order valence-corrected chi connectivity index (χ4v) is 2.86. The second kappa shape index (κ2) is 7.22. The molecule has 1 fully saturated rings. The lowest BCUT2D eigenvalue weighted by molar-refractivity contribution is 0.204. The van der Waals surface area contributed by atoms with E-state index in [-0.39, 0.29) is 0 Å². The van der Waals surface area contributed by atoms with Crippen molar-refractivity contribution in [2.24, 2.45) is 5.92 Å². The van der Waals surface area contributed by atoms with E-state index < -0.39 is 0 Å². The molecular formula is C14H25N3OS. The van der Waals surface area contributed by atoms with E-state index in [1.807, 2.05) is 6.20 Å². The van der Waals surface area contributed by atoms with Crippen LogP contribution in [0.15, 0.2) is 6.20 Å². The van der Waals surface area contributed by atoms with Crippen LogP contribution in [-0.2, 0) is 11.3 Å². The normalized spacial score (nSPS) is 15.2. The lowest BCUT2D eigenvalue weighted by Crippen LogP contribution is -2.30. The van der Waals surface area contributed by atoms with Crippen molar-refractivity contribution in [2.75, 3.05) is 31.7 Å². The minimum atomic E-state index is 0.633. The van der Waals surface area contributed by atoms with Crippen LogP contribution < -0.4 is 10.2 Å². The van der Waals surface area contributed by atoms with Crippen molar-refractivity contribution in [3.63, 3.8) is 0 Å². The van der Waals surface area contributed by atoms with Crippen LogP contribution in [-0.4, -0.2) is 37.8 Å². The molecule has 0 aliphatic heterocycles. The zero-order valence-electron chi connectivity index (χ0n) is 12.2. The van der Waals surface area contributed by atoms with Crippen molar-refractivity contribution in [2.45, 2.75) is 39.3 Å². The zero-order chi connectivity index (χ0) is 13.7. The number of ether oxygens (including phenoxy) is 1. The van der Waals surface area contributed by atoms with Crippen LogP contribution >= 0.6 is 11.3 Å². The van der Waals surface area contributed by atoms with Gasteiger partial charge >= 0.3 is 0 Å². The fourth-order valence-electron chi connectivity index (χ4n) is 1.96. The first-order chi connectivity index (χ1) is 9.19. The molecule has 0 aromatic carbocycles. The Bertz CT molecular complexity index is 377. The number of nitrogens with zero attached hydrogens (tertiary/aromatic N) is 2. The number of anilines is 1. The molecule has 0 radical (unpaired) electrons. The predicted octanol–water partition coefficient (Wildman–Crippen LogP) is 2.50. The molecular weight excluding hydrogens is 258 g/mol. The highest BCUT2D eigenvalue weighted by atomic mass is 32.1. The molecule has 1 aliphatic carbocycles. The van der Waals surface area contributed by atoms with Gasteiger partial charge in [-0.3, -0.25) is 0 Å². The van der Waals surface area contributed by atoms with Gasteiger partial charge in [-0.25, -0.2) is 4.98 Å². The van der Waals surface area contributed by atoms with Crippen LogP contribution in [0.25, 0.3) is 0 Å². The SMILES string of the molecule is COCCN(CC(C)C)c1ncc(CNC2CC2)s1. The molecule has 108 valence electrons. The van der Waals surface area contributed by atoms with Crippen LogP contribution in [0.1, 0.15) is 31.6 Å². The maximum Gasteiger partial charge on any atom is 0.185 e. The molecule has 0 spiro atoms. The van der Waals surface area contributed by atoms with Crippen LogP contribution in [0.2, 0.25) is 0 Å². The van der Waals surface area contributed by atoms with Gasteiger partial charge in [-0.15, -0.1) is 11.3 Å². The summed E-state index contributed by atoms with van der Waals surface area (Å²) >= 11 is 1.80. The van der Waals surface area contributed by atoms with Crippen molar-refractivity contribution in [1.29, 1.82) is 0 Å². The molecule has 2 rings (SSSR count). The molecule has 0 atom stereocenters. The van der Waals surface area contributed by atoms with E-state index in [1.54, 1.807) is 18.4 Å². The van der Waals surface area contributed by atoms with Gasteiger partial charge in [-0.1, -0.05) is 13.8 Å². The molecule has 1 aromatic rings. The molecule has 0 unspecified atom stereocenters. The molecule has 1 N–H and O–H groups in total. The van der Waals surface area contributed by atoms with E-state index in [4.69, 9.17) is 4.74 Å². The highest BCUT2D eigenvalue weighted by Crippen LogP contribution is 2.25. The van der Waals surface area contributed by atoms with E-state index in [0.29, 0.717) is 5.92 Å². The van der Waals surface area contributed by atoms with E-state index in [2.05, 4.69) is 29.0 Å². The third-order valence-electron chi connectivity index (χ3n) is 3.11. The Morgan fingerprint density at radius 2 is 2.32 bits per heavy atom. The summed E-state index contributed by atoms with van der Waals surface area (Å²) in [5, 5.41) is 4.66. The first-order valence-corrected chi connectivity index (χ1v) is 7.92. The van der Waals surface area contributed by atoms with Gasteiger partial charge in [0.2, 0.25) is 0 Å². The standard InChI is InChI=1S/C14H25N3OS/c1-11(2)10-17(6-7-18-3)14-16-9-13(19-14)8-15-12-4-5-12/h9,11-12,15H,4-8,10H2,1-3H3. The smallest absolute Gasteiger partial charge is 0.185 e. The minimum Gasteiger partial charge on any atom is -0.383 e. The third kappa shape index (κ3) is 5.09. The van der Waals surface area contributed by atoms with E-state index in [0.717, 1.165) is 37.4 Å². The van der Waals surface area contributed by atoms with Gasteiger partial charge in [0.05, 0.1) is 6.61 Å². The van der Waals surface area contributed by atoms with Crippen molar-refractivity contribution in [1.82, 2.24) is 10.3 Å². The Hall–Kier alpha value is -0.650.